The highest BCUT2D eigenvalue weighted by Gasteiger charge is 2.26. The maximum absolute atomic E-state index is 10.2. The van der Waals surface area contributed by atoms with Crippen molar-refractivity contribution in [1.82, 2.24) is 0 Å². The molecule has 0 fully saturated rings. The third-order valence-electron chi connectivity index (χ3n) is 4.09. The summed E-state index contributed by atoms with van der Waals surface area (Å²) in [5.41, 5.74) is 3.98. The number of alkyl halides is 1. The summed E-state index contributed by atoms with van der Waals surface area (Å²) in [5.74, 6) is 1.53. The van der Waals surface area contributed by atoms with Crippen LogP contribution >= 0.6 is 11.6 Å². The van der Waals surface area contributed by atoms with E-state index in [-0.39, 0.29) is 0 Å². The van der Waals surface area contributed by atoms with Gasteiger partial charge >= 0.3 is 0 Å². The molecule has 0 amide bonds. The molecular weight excluding hydrogens is 244 g/mol. The van der Waals surface area contributed by atoms with Crippen LogP contribution in [-0.4, -0.2) is 11.0 Å². The van der Waals surface area contributed by atoms with Gasteiger partial charge in [0.05, 0.1) is 0 Å². The molecule has 0 bridgehead atoms. The van der Waals surface area contributed by atoms with E-state index in [1.165, 1.54) is 22.1 Å². The quantitative estimate of drug-likeness (QED) is 0.795. The van der Waals surface area contributed by atoms with E-state index in [9.17, 15) is 5.11 Å². The van der Waals surface area contributed by atoms with E-state index in [0.29, 0.717) is 17.5 Å². The minimum absolute atomic E-state index is 0.411. The third-order valence-corrected chi connectivity index (χ3v) is 4.46. The molecule has 2 aromatic carbocycles. The Bertz CT molecular complexity index is 604. The minimum atomic E-state index is 0.411. The number of fused-ring (bicyclic) bond motifs is 3. The third kappa shape index (κ3) is 1.61. The Labute approximate surface area is 112 Å². The Morgan fingerprint density at radius 3 is 2.94 bits per heavy atom. The molecule has 1 aliphatic rings. The Morgan fingerprint density at radius 1 is 1.39 bits per heavy atom. The number of rotatable bonds is 2. The lowest BCUT2D eigenvalue weighted by atomic mass is 9.91. The number of aryl methyl sites for hydroxylation is 2. The first-order chi connectivity index (χ1) is 8.76. The highest BCUT2D eigenvalue weighted by Crippen LogP contribution is 2.43. The molecule has 0 saturated carbocycles. The van der Waals surface area contributed by atoms with E-state index >= 15 is 0 Å². The fourth-order valence-corrected chi connectivity index (χ4v) is 3.52. The summed E-state index contributed by atoms with van der Waals surface area (Å²) in [6, 6.07) is 8.13. The van der Waals surface area contributed by atoms with E-state index in [1.54, 1.807) is 0 Å². The largest absolute Gasteiger partial charge is 0.507 e. The van der Waals surface area contributed by atoms with Crippen molar-refractivity contribution in [2.45, 2.75) is 32.1 Å². The monoisotopic (exact) mass is 260 g/mol. The number of hydrogen-bond donors (Lipinski definition) is 1. The second-order valence-electron chi connectivity index (χ2n) is 5.05. The standard InChI is InChI=1S/C16H17ClO/c1-2-10-4-3-5-13-14(18)8-11-6-7-12(9-17)15(11)16(10)13/h3-5,8,12,18H,2,6-7,9H2,1H3. The topological polar surface area (TPSA) is 20.2 Å². The molecule has 1 unspecified atom stereocenters. The van der Waals surface area contributed by atoms with Crippen molar-refractivity contribution >= 4 is 22.4 Å². The number of halogens is 1. The summed E-state index contributed by atoms with van der Waals surface area (Å²) in [6.07, 6.45) is 3.13. The van der Waals surface area contributed by atoms with Crippen LogP contribution in [0.2, 0.25) is 0 Å². The first kappa shape index (κ1) is 11.9. The zero-order chi connectivity index (χ0) is 12.7. The van der Waals surface area contributed by atoms with Crippen LogP contribution in [0.1, 0.15) is 36.0 Å². The number of benzene rings is 2. The Kier molecular flexibility index (Phi) is 2.95. The number of hydrogen-bond acceptors (Lipinski definition) is 1. The van der Waals surface area contributed by atoms with Gasteiger partial charge in [0.2, 0.25) is 0 Å². The molecule has 3 rings (SSSR count). The van der Waals surface area contributed by atoms with Gasteiger partial charge < -0.3 is 5.11 Å². The van der Waals surface area contributed by atoms with Crippen LogP contribution in [0.15, 0.2) is 24.3 Å². The Balaban J connectivity index is 2.41. The first-order valence-electron chi connectivity index (χ1n) is 6.58. The van der Waals surface area contributed by atoms with Gasteiger partial charge in [-0.15, -0.1) is 11.6 Å². The van der Waals surface area contributed by atoms with Gasteiger partial charge in [0.1, 0.15) is 5.75 Å². The molecule has 18 heavy (non-hydrogen) atoms. The summed E-state index contributed by atoms with van der Waals surface area (Å²) in [4.78, 5) is 0. The molecule has 1 atom stereocenters. The maximum atomic E-state index is 10.2. The summed E-state index contributed by atoms with van der Waals surface area (Å²) >= 11 is 6.11. The van der Waals surface area contributed by atoms with Crippen molar-refractivity contribution in [3.05, 3.63) is 41.0 Å². The van der Waals surface area contributed by atoms with Crippen molar-refractivity contribution in [2.24, 2.45) is 0 Å². The molecule has 0 saturated heterocycles. The normalized spacial score (nSPS) is 18.2. The highest BCUT2D eigenvalue weighted by atomic mass is 35.5. The number of phenolic OH excluding ortho intramolecular Hbond substituents is 1. The molecule has 1 aliphatic carbocycles. The van der Waals surface area contributed by atoms with Crippen molar-refractivity contribution in [3.63, 3.8) is 0 Å². The number of phenols is 1. The summed E-state index contributed by atoms with van der Waals surface area (Å²) in [5, 5.41) is 12.4. The van der Waals surface area contributed by atoms with E-state index in [2.05, 4.69) is 13.0 Å². The molecule has 2 aromatic rings. The summed E-state index contributed by atoms with van der Waals surface area (Å²) in [7, 11) is 0. The first-order valence-corrected chi connectivity index (χ1v) is 7.12. The van der Waals surface area contributed by atoms with Gasteiger partial charge in [-0.3, -0.25) is 0 Å². The molecule has 0 aliphatic heterocycles. The zero-order valence-corrected chi connectivity index (χ0v) is 11.3. The molecule has 0 heterocycles. The van der Waals surface area contributed by atoms with E-state index in [4.69, 9.17) is 11.6 Å². The SMILES string of the molecule is CCc1cccc2c(O)cc3c(c12)C(CCl)CC3. The fourth-order valence-electron chi connectivity index (χ4n) is 3.21. The Morgan fingerprint density at radius 2 is 2.22 bits per heavy atom. The lowest BCUT2D eigenvalue weighted by Crippen LogP contribution is -1.98. The summed E-state index contributed by atoms with van der Waals surface area (Å²) in [6.45, 7) is 2.16. The van der Waals surface area contributed by atoms with Crippen molar-refractivity contribution in [3.8, 4) is 5.75 Å². The van der Waals surface area contributed by atoms with Crippen LogP contribution in [0.4, 0.5) is 0 Å². The van der Waals surface area contributed by atoms with Crippen LogP contribution in [-0.2, 0) is 12.8 Å². The van der Waals surface area contributed by atoms with Gasteiger partial charge in [0, 0.05) is 11.3 Å². The second kappa shape index (κ2) is 4.47. The molecule has 0 radical (unpaired) electrons. The molecule has 1 N–H and O–H groups in total. The van der Waals surface area contributed by atoms with E-state index < -0.39 is 0 Å². The van der Waals surface area contributed by atoms with Crippen LogP contribution < -0.4 is 0 Å². The lowest BCUT2D eigenvalue weighted by Gasteiger charge is -2.15. The molecule has 1 nitrogen and oxygen atoms in total. The van der Waals surface area contributed by atoms with Gasteiger partial charge in [-0.1, -0.05) is 25.1 Å². The van der Waals surface area contributed by atoms with Gasteiger partial charge in [0.15, 0.2) is 0 Å². The van der Waals surface area contributed by atoms with E-state index in [1.807, 2.05) is 18.2 Å². The van der Waals surface area contributed by atoms with Crippen molar-refractivity contribution < 1.29 is 5.11 Å². The van der Waals surface area contributed by atoms with Gasteiger partial charge in [0.25, 0.3) is 0 Å². The molecule has 2 heteroatoms. The van der Waals surface area contributed by atoms with Gasteiger partial charge in [-0.25, -0.2) is 0 Å². The average Bonchev–Trinajstić information content (AvgIpc) is 2.81. The van der Waals surface area contributed by atoms with Crippen LogP contribution in [0.25, 0.3) is 10.8 Å². The summed E-state index contributed by atoms with van der Waals surface area (Å²) < 4.78 is 0. The predicted molar refractivity (Wildman–Crippen MR) is 76.8 cm³/mol. The fraction of sp³-hybridized carbons (Fsp3) is 0.375. The lowest BCUT2D eigenvalue weighted by molar-refractivity contribution is 0.481. The maximum Gasteiger partial charge on any atom is 0.123 e. The molecule has 94 valence electrons. The smallest absolute Gasteiger partial charge is 0.123 e. The van der Waals surface area contributed by atoms with Crippen LogP contribution in [0.5, 0.6) is 5.75 Å². The second-order valence-corrected chi connectivity index (χ2v) is 5.36. The zero-order valence-electron chi connectivity index (χ0n) is 10.5. The van der Waals surface area contributed by atoms with E-state index in [0.717, 1.165) is 24.6 Å². The minimum Gasteiger partial charge on any atom is -0.507 e. The molecular formula is C16H17ClO. The molecule has 0 spiro atoms. The average molecular weight is 261 g/mol. The Hall–Kier alpha value is -1.21. The van der Waals surface area contributed by atoms with Crippen LogP contribution in [0.3, 0.4) is 0 Å². The van der Waals surface area contributed by atoms with Gasteiger partial charge in [-0.2, -0.15) is 0 Å². The molecule has 0 aromatic heterocycles. The van der Waals surface area contributed by atoms with Crippen LogP contribution in [0, 0.1) is 0 Å². The van der Waals surface area contributed by atoms with Gasteiger partial charge in [-0.05, 0) is 53.3 Å². The predicted octanol–water partition coefficient (Wildman–Crippen LogP) is 4.38. The highest BCUT2D eigenvalue weighted by molar-refractivity contribution is 6.18. The van der Waals surface area contributed by atoms with Crippen molar-refractivity contribution in [1.29, 1.82) is 0 Å². The van der Waals surface area contributed by atoms with Crippen molar-refractivity contribution in [2.75, 3.05) is 5.88 Å². The number of aromatic hydroxyl groups is 1.